The Kier molecular flexibility index (Phi) is 8.90. The maximum absolute atomic E-state index is 12.2. The van der Waals surface area contributed by atoms with Gasteiger partial charge in [0.25, 0.3) is 0 Å². The molecule has 2 N–H and O–H groups in total. The van der Waals surface area contributed by atoms with Crippen LogP contribution in [0.1, 0.15) is 12.6 Å². The molecule has 1 heterocycles. The minimum Gasteiger partial charge on any atom is -0.357 e. The van der Waals surface area contributed by atoms with E-state index in [1.165, 1.54) is 0 Å². The van der Waals surface area contributed by atoms with E-state index in [-0.39, 0.29) is 36.3 Å². The molecule has 0 bridgehead atoms. The van der Waals surface area contributed by atoms with Crippen molar-refractivity contribution in [2.24, 2.45) is 12.0 Å². The van der Waals surface area contributed by atoms with E-state index in [4.69, 9.17) is 0 Å². The van der Waals surface area contributed by atoms with E-state index in [9.17, 15) is 8.42 Å². The van der Waals surface area contributed by atoms with Crippen LogP contribution in [0.2, 0.25) is 0 Å². The standard InChI is InChI=1S/C16H23N5O2S.HI/c1-3-17-16(19-13-14-9-10-20-21(14)2)18-11-12-24(22,23)15-7-5-4-6-8-15;/h4-10H,3,11-13H2,1-2H3,(H2,17,18,19);1H. The third-order valence-electron chi connectivity index (χ3n) is 3.43. The Balaban J connectivity index is 0.00000312. The first-order valence-corrected chi connectivity index (χ1v) is 9.45. The number of sulfone groups is 1. The van der Waals surface area contributed by atoms with Gasteiger partial charge in [0.2, 0.25) is 0 Å². The second-order valence-electron chi connectivity index (χ2n) is 5.20. The number of nitrogens with zero attached hydrogens (tertiary/aromatic N) is 3. The summed E-state index contributed by atoms with van der Waals surface area (Å²) in [4.78, 5) is 4.78. The van der Waals surface area contributed by atoms with Crippen molar-refractivity contribution in [1.29, 1.82) is 0 Å². The summed E-state index contributed by atoms with van der Waals surface area (Å²) in [6, 6.07) is 10.4. The van der Waals surface area contributed by atoms with Gasteiger partial charge in [0, 0.05) is 26.3 Å². The molecule has 0 saturated heterocycles. The van der Waals surface area contributed by atoms with Crippen LogP contribution in [0, 0.1) is 0 Å². The third-order valence-corrected chi connectivity index (χ3v) is 5.16. The van der Waals surface area contributed by atoms with Crippen LogP contribution < -0.4 is 10.6 Å². The number of guanidine groups is 1. The molecule has 0 aliphatic carbocycles. The van der Waals surface area contributed by atoms with Gasteiger partial charge in [-0.2, -0.15) is 5.10 Å². The SMILES string of the molecule is CCNC(=NCc1ccnn1C)NCCS(=O)(=O)c1ccccc1.I. The van der Waals surface area contributed by atoms with Gasteiger partial charge in [0.15, 0.2) is 15.8 Å². The van der Waals surface area contributed by atoms with Crippen molar-refractivity contribution in [2.45, 2.75) is 18.4 Å². The zero-order chi connectivity index (χ0) is 17.4. The van der Waals surface area contributed by atoms with E-state index in [2.05, 4.69) is 20.7 Å². The van der Waals surface area contributed by atoms with Crippen molar-refractivity contribution in [3.8, 4) is 0 Å². The molecule has 138 valence electrons. The van der Waals surface area contributed by atoms with Crippen molar-refractivity contribution in [2.75, 3.05) is 18.8 Å². The molecule has 7 nitrogen and oxygen atoms in total. The number of nitrogens with one attached hydrogen (secondary N) is 2. The summed E-state index contributed by atoms with van der Waals surface area (Å²) in [5.41, 5.74) is 0.976. The molecule has 0 unspecified atom stereocenters. The molecule has 0 radical (unpaired) electrons. The minimum atomic E-state index is -3.30. The van der Waals surface area contributed by atoms with Crippen molar-refractivity contribution in [3.05, 3.63) is 48.3 Å². The van der Waals surface area contributed by atoms with Gasteiger partial charge in [-0.1, -0.05) is 18.2 Å². The molecule has 25 heavy (non-hydrogen) atoms. The van der Waals surface area contributed by atoms with Crippen LogP contribution in [0.25, 0.3) is 0 Å². The Labute approximate surface area is 165 Å². The lowest BCUT2D eigenvalue weighted by molar-refractivity contribution is 0.594. The van der Waals surface area contributed by atoms with Gasteiger partial charge < -0.3 is 10.6 Å². The number of hydrogen-bond donors (Lipinski definition) is 2. The zero-order valence-electron chi connectivity index (χ0n) is 14.3. The summed E-state index contributed by atoms with van der Waals surface area (Å²) in [5, 5.41) is 10.3. The molecule has 0 spiro atoms. The summed E-state index contributed by atoms with van der Waals surface area (Å²) in [7, 11) is -1.44. The molecule has 0 saturated carbocycles. The van der Waals surface area contributed by atoms with Gasteiger partial charge in [-0.05, 0) is 25.1 Å². The van der Waals surface area contributed by atoms with E-state index >= 15 is 0 Å². The highest BCUT2D eigenvalue weighted by Gasteiger charge is 2.13. The van der Waals surface area contributed by atoms with E-state index in [0.717, 1.165) is 5.69 Å². The first-order valence-electron chi connectivity index (χ1n) is 7.80. The number of halogens is 1. The summed E-state index contributed by atoms with van der Waals surface area (Å²) in [6.45, 7) is 3.41. The maximum atomic E-state index is 12.2. The van der Waals surface area contributed by atoms with E-state index in [0.29, 0.717) is 23.9 Å². The second-order valence-corrected chi connectivity index (χ2v) is 7.31. The molecule has 0 amide bonds. The average Bonchev–Trinajstić information content (AvgIpc) is 2.98. The van der Waals surface area contributed by atoms with Gasteiger partial charge in [0.05, 0.1) is 22.9 Å². The van der Waals surface area contributed by atoms with Gasteiger partial charge in [-0.25, -0.2) is 13.4 Å². The number of aromatic nitrogens is 2. The molecule has 1 aromatic heterocycles. The number of hydrogen-bond acceptors (Lipinski definition) is 4. The normalized spacial score (nSPS) is 11.7. The Bertz CT molecular complexity index is 775. The topological polar surface area (TPSA) is 88.4 Å². The predicted octanol–water partition coefficient (Wildman–Crippen LogP) is 1.57. The fourth-order valence-corrected chi connectivity index (χ4v) is 3.29. The molecule has 1 aromatic carbocycles. The van der Waals surface area contributed by atoms with Gasteiger partial charge >= 0.3 is 0 Å². The molecule has 0 fully saturated rings. The fourth-order valence-electron chi connectivity index (χ4n) is 2.11. The van der Waals surface area contributed by atoms with Crippen LogP contribution in [0.15, 0.2) is 52.5 Å². The summed E-state index contributed by atoms with van der Waals surface area (Å²) < 4.78 is 26.3. The largest absolute Gasteiger partial charge is 0.357 e. The molecule has 0 aliphatic heterocycles. The number of benzene rings is 1. The highest BCUT2D eigenvalue weighted by Crippen LogP contribution is 2.09. The summed E-state index contributed by atoms with van der Waals surface area (Å²) in [5.74, 6) is 0.592. The molecule has 2 aromatic rings. The van der Waals surface area contributed by atoms with Crippen LogP contribution in [0.3, 0.4) is 0 Å². The number of aliphatic imine (C=N–C) groups is 1. The van der Waals surface area contributed by atoms with Crippen molar-refractivity contribution < 1.29 is 8.42 Å². The monoisotopic (exact) mass is 477 g/mol. The zero-order valence-corrected chi connectivity index (χ0v) is 17.5. The van der Waals surface area contributed by atoms with E-state index in [1.54, 1.807) is 41.2 Å². The first kappa shape index (κ1) is 21.4. The Morgan fingerprint density at radius 2 is 1.92 bits per heavy atom. The smallest absolute Gasteiger partial charge is 0.191 e. The lowest BCUT2D eigenvalue weighted by atomic mass is 10.4. The highest BCUT2D eigenvalue weighted by atomic mass is 127. The van der Waals surface area contributed by atoms with Crippen LogP contribution in [-0.2, 0) is 23.4 Å². The van der Waals surface area contributed by atoms with Crippen LogP contribution in [0.5, 0.6) is 0 Å². The van der Waals surface area contributed by atoms with Crippen LogP contribution in [-0.4, -0.2) is 43.0 Å². The minimum absolute atomic E-state index is 0. The lowest BCUT2D eigenvalue weighted by Crippen LogP contribution is -2.39. The van der Waals surface area contributed by atoms with Crippen molar-refractivity contribution in [1.82, 2.24) is 20.4 Å². The Morgan fingerprint density at radius 1 is 1.20 bits per heavy atom. The average molecular weight is 477 g/mol. The molecular weight excluding hydrogens is 453 g/mol. The predicted molar refractivity (Wildman–Crippen MR) is 110 cm³/mol. The van der Waals surface area contributed by atoms with Crippen LogP contribution >= 0.6 is 24.0 Å². The molecular formula is C16H24IN5O2S. The lowest BCUT2D eigenvalue weighted by Gasteiger charge is -2.11. The fraction of sp³-hybridized carbons (Fsp3) is 0.375. The molecule has 0 atom stereocenters. The summed E-state index contributed by atoms with van der Waals surface area (Å²) in [6.07, 6.45) is 1.72. The number of rotatable bonds is 7. The van der Waals surface area contributed by atoms with Crippen molar-refractivity contribution in [3.63, 3.8) is 0 Å². The van der Waals surface area contributed by atoms with Gasteiger partial charge in [-0.15, -0.1) is 24.0 Å². The Hall–Kier alpha value is -1.62. The molecule has 9 heteroatoms. The Morgan fingerprint density at radius 3 is 2.52 bits per heavy atom. The van der Waals surface area contributed by atoms with Gasteiger partial charge in [0.1, 0.15) is 0 Å². The van der Waals surface area contributed by atoms with E-state index in [1.807, 2.05) is 20.0 Å². The highest BCUT2D eigenvalue weighted by molar-refractivity contribution is 14.0. The first-order chi connectivity index (χ1) is 11.5. The van der Waals surface area contributed by atoms with Gasteiger partial charge in [-0.3, -0.25) is 4.68 Å². The molecule has 0 aliphatic rings. The molecule has 2 rings (SSSR count). The van der Waals surface area contributed by atoms with Crippen LogP contribution in [0.4, 0.5) is 0 Å². The maximum Gasteiger partial charge on any atom is 0.191 e. The summed E-state index contributed by atoms with van der Waals surface area (Å²) >= 11 is 0. The quantitative estimate of drug-likeness (QED) is 0.359. The third kappa shape index (κ3) is 6.65. The van der Waals surface area contributed by atoms with Crippen molar-refractivity contribution >= 4 is 39.8 Å². The number of aryl methyl sites for hydroxylation is 1. The second kappa shape index (κ2) is 10.4. The van der Waals surface area contributed by atoms with E-state index < -0.39 is 9.84 Å².